The van der Waals surface area contributed by atoms with Gasteiger partial charge in [0.05, 0.1) is 15.9 Å². The molecule has 0 aliphatic heterocycles. The molecule has 1 aliphatic carbocycles. The van der Waals surface area contributed by atoms with Crippen LogP contribution >= 0.6 is 35.4 Å². The van der Waals surface area contributed by atoms with Crippen LogP contribution in [0.3, 0.4) is 0 Å². The summed E-state index contributed by atoms with van der Waals surface area (Å²) in [4.78, 5) is 15.8. The molecular formula is C14H14Cl2N2OS. The Bertz CT molecular complexity index is 775. The first-order valence-electron chi connectivity index (χ1n) is 6.71. The van der Waals surface area contributed by atoms with Crippen molar-refractivity contribution in [2.45, 2.75) is 38.1 Å². The van der Waals surface area contributed by atoms with Crippen molar-refractivity contribution >= 4 is 46.3 Å². The van der Waals surface area contributed by atoms with Gasteiger partial charge in [-0.15, -0.1) is 0 Å². The van der Waals surface area contributed by atoms with E-state index in [1.54, 1.807) is 16.7 Å². The van der Waals surface area contributed by atoms with E-state index in [0.29, 0.717) is 25.7 Å². The van der Waals surface area contributed by atoms with Crippen LogP contribution in [0.2, 0.25) is 10.0 Å². The second-order valence-corrected chi connectivity index (χ2v) is 6.44. The third-order valence-electron chi connectivity index (χ3n) is 3.89. The van der Waals surface area contributed by atoms with E-state index in [9.17, 15) is 4.79 Å². The highest BCUT2D eigenvalue weighted by molar-refractivity contribution is 7.71. The summed E-state index contributed by atoms with van der Waals surface area (Å²) in [7, 11) is 0. The fourth-order valence-electron chi connectivity index (χ4n) is 2.93. The maximum absolute atomic E-state index is 12.7. The second kappa shape index (κ2) is 5.51. The summed E-state index contributed by atoms with van der Waals surface area (Å²) in [6, 6.07) is 3.44. The highest BCUT2D eigenvalue weighted by Gasteiger charge is 2.19. The number of aromatic nitrogens is 2. The minimum Gasteiger partial charge on any atom is -0.330 e. The maximum atomic E-state index is 12.7. The van der Waals surface area contributed by atoms with Crippen LogP contribution in [-0.2, 0) is 0 Å². The first-order chi connectivity index (χ1) is 9.58. The van der Waals surface area contributed by atoms with Gasteiger partial charge in [-0.2, -0.15) is 0 Å². The zero-order chi connectivity index (χ0) is 14.3. The molecule has 0 spiro atoms. The quantitative estimate of drug-likeness (QED) is 0.758. The van der Waals surface area contributed by atoms with Gasteiger partial charge in [0, 0.05) is 11.1 Å². The highest BCUT2D eigenvalue weighted by Crippen LogP contribution is 2.29. The molecule has 1 fully saturated rings. The predicted octanol–water partition coefficient (Wildman–Crippen LogP) is 4.87. The monoisotopic (exact) mass is 328 g/mol. The Kier molecular flexibility index (Phi) is 3.89. The molecule has 1 aromatic carbocycles. The number of nitrogens with one attached hydrogen (secondary N) is 1. The molecule has 20 heavy (non-hydrogen) atoms. The lowest BCUT2D eigenvalue weighted by Crippen LogP contribution is -2.28. The molecule has 1 saturated carbocycles. The van der Waals surface area contributed by atoms with Crippen molar-refractivity contribution in [3.8, 4) is 0 Å². The van der Waals surface area contributed by atoms with Gasteiger partial charge in [0.15, 0.2) is 4.77 Å². The molecule has 1 aliphatic rings. The van der Waals surface area contributed by atoms with E-state index in [2.05, 4.69) is 4.98 Å². The van der Waals surface area contributed by atoms with Crippen molar-refractivity contribution < 1.29 is 0 Å². The fraction of sp³-hybridized carbons (Fsp3) is 0.429. The zero-order valence-corrected chi connectivity index (χ0v) is 13.1. The van der Waals surface area contributed by atoms with Crippen LogP contribution in [0.1, 0.15) is 38.1 Å². The van der Waals surface area contributed by atoms with E-state index in [1.807, 2.05) is 0 Å². The molecule has 1 N–H and O–H groups in total. The molecule has 1 aromatic heterocycles. The lowest BCUT2D eigenvalue weighted by molar-refractivity contribution is 0.342. The number of halogens is 2. The van der Waals surface area contributed by atoms with Gasteiger partial charge in [-0.05, 0) is 37.2 Å². The van der Waals surface area contributed by atoms with Crippen molar-refractivity contribution in [2.24, 2.45) is 0 Å². The van der Waals surface area contributed by atoms with Gasteiger partial charge >= 0.3 is 0 Å². The molecule has 0 bridgehead atoms. The van der Waals surface area contributed by atoms with E-state index < -0.39 is 0 Å². The molecule has 0 atom stereocenters. The topological polar surface area (TPSA) is 37.8 Å². The van der Waals surface area contributed by atoms with Crippen molar-refractivity contribution in [1.29, 1.82) is 0 Å². The Balaban J connectivity index is 2.28. The predicted molar refractivity (Wildman–Crippen MR) is 85.5 cm³/mol. The number of hydrogen-bond acceptors (Lipinski definition) is 2. The van der Waals surface area contributed by atoms with E-state index >= 15 is 0 Å². The SMILES string of the molecule is O=c1c2cc(Cl)cc(Cl)c2[nH]c(=S)n1C1CCCCC1. The Hall–Kier alpha value is -0.840. The average molecular weight is 329 g/mol. The summed E-state index contributed by atoms with van der Waals surface area (Å²) in [5, 5.41) is 1.38. The molecular weight excluding hydrogens is 315 g/mol. The van der Waals surface area contributed by atoms with Crippen LogP contribution in [0.4, 0.5) is 0 Å². The number of aromatic amines is 1. The molecule has 0 unspecified atom stereocenters. The van der Waals surface area contributed by atoms with Gasteiger partial charge in [-0.1, -0.05) is 42.5 Å². The smallest absolute Gasteiger partial charge is 0.262 e. The standard InChI is InChI=1S/C14H14Cl2N2OS/c15-8-6-10-12(11(16)7-8)17-14(20)18(13(10)19)9-4-2-1-3-5-9/h6-7,9H,1-5H2,(H,17,20). The Morgan fingerprint density at radius 1 is 1.20 bits per heavy atom. The number of benzene rings is 1. The average Bonchev–Trinajstić information content (AvgIpc) is 2.42. The van der Waals surface area contributed by atoms with Crippen molar-refractivity contribution in [2.75, 3.05) is 0 Å². The van der Waals surface area contributed by atoms with E-state index in [1.165, 1.54) is 6.42 Å². The second-order valence-electron chi connectivity index (χ2n) is 5.21. The van der Waals surface area contributed by atoms with Crippen LogP contribution in [0.15, 0.2) is 16.9 Å². The summed E-state index contributed by atoms with van der Waals surface area (Å²) in [5.41, 5.74) is 0.471. The van der Waals surface area contributed by atoms with Gasteiger partial charge in [0.25, 0.3) is 5.56 Å². The minimum atomic E-state index is -0.0972. The van der Waals surface area contributed by atoms with Gasteiger partial charge in [0.2, 0.25) is 0 Å². The summed E-state index contributed by atoms with van der Waals surface area (Å²) in [6.07, 6.45) is 5.50. The highest BCUT2D eigenvalue weighted by atomic mass is 35.5. The van der Waals surface area contributed by atoms with Crippen LogP contribution in [0.25, 0.3) is 10.9 Å². The summed E-state index contributed by atoms with van der Waals surface area (Å²) < 4.78 is 2.14. The number of H-pyrrole nitrogens is 1. The normalized spacial score (nSPS) is 16.7. The molecule has 3 nitrogen and oxygen atoms in total. The molecule has 0 saturated heterocycles. The van der Waals surface area contributed by atoms with E-state index in [0.717, 1.165) is 25.7 Å². The van der Waals surface area contributed by atoms with Crippen LogP contribution in [-0.4, -0.2) is 9.55 Å². The Morgan fingerprint density at radius 2 is 1.90 bits per heavy atom. The number of nitrogens with zero attached hydrogens (tertiary/aromatic N) is 1. The molecule has 106 valence electrons. The largest absolute Gasteiger partial charge is 0.330 e. The summed E-state index contributed by atoms with van der Waals surface area (Å²) in [6.45, 7) is 0. The molecule has 2 aromatic rings. The third-order valence-corrected chi connectivity index (χ3v) is 4.71. The van der Waals surface area contributed by atoms with Gasteiger partial charge in [-0.3, -0.25) is 9.36 Å². The lowest BCUT2D eigenvalue weighted by atomic mass is 9.95. The van der Waals surface area contributed by atoms with E-state index in [-0.39, 0.29) is 11.6 Å². The molecule has 3 rings (SSSR count). The number of rotatable bonds is 1. The lowest BCUT2D eigenvalue weighted by Gasteiger charge is -2.24. The molecule has 1 heterocycles. The van der Waals surface area contributed by atoms with E-state index in [4.69, 9.17) is 35.4 Å². The Morgan fingerprint density at radius 3 is 2.60 bits per heavy atom. The fourth-order valence-corrected chi connectivity index (χ4v) is 3.80. The van der Waals surface area contributed by atoms with Crippen molar-refractivity contribution in [3.63, 3.8) is 0 Å². The number of hydrogen-bond donors (Lipinski definition) is 1. The minimum absolute atomic E-state index is 0.0972. The molecule has 0 radical (unpaired) electrons. The molecule has 6 heteroatoms. The van der Waals surface area contributed by atoms with Crippen molar-refractivity contribution in [3.05, 3.63) is 37.3 Å². The first kappa shape index (κ1) is 14.1. The van der Waals surface area contributed by atoms with Crippen LogP contribution in [0, 0.1) is 4.77 Å². The number of fused-ring (bicyclic) bond motifs is 1. The van der Waals surface area contributed by atoms with Gasteiger partial charge < -0.3 is 4.98 Å². The van der Waals surface area contributed by atoms with Crippen LogP contribution in [0.5, 0.6) is 0 Å². The molecule has 0 amide bonds. The zero-order valence-electron chi connectivity index (χ0n) is 10.8. The third kappa shape index (κ3) is 2.41. The first-order valence-corrected chi connectivity index (χ1v) is 7.88. The summed E-state index contributed by atoms with van der Waals surface area (Å²) in [5.74, 6) is 0. The van der Waals surface area contributed by atoms with Gasteiger partial charge in [0.1, 0.15) is 0 Å². The van der Waals surface area contributed by atoms with Crippen molar-refractivity contribution in [1.82, 2.24) is 9.55 Å². The Labute approximate surface area is 131 Å². The van der Waals surface area contributed by atoms with Gasteiger partial charge in [-0.25, -0.2) is 0 Å². The maximum Gasteiger partial charge on any atom is 0.262 e. The van der Waals surface area contributed by atoms with Crippen LogP contribution < -0.4 is 5.56 Å². The summed E-state index contributed by atoms with van der Waals surface area (Å²) >= 11 is 17.5.